The van der Waals surface area contributed by atoms with Gasteiger partial charge in [-0.05, 0) is 12.1 Å². The molecule has 7 nitrogen and oxygen atoms in total. The fraction of sp³-hybridized carbons (Fsp3) is 0.0588. The molecule has 3 heterocycles. The number of benzene rings is 1. The third kappa shape index (κ3) is 2.90. The smallest absolute Gasteiger partial charge is 0.214 e. The predicted molar refractivity (Wildman–Crippen MR) is 85.9 cm³/mol. The summed E-state index contributed by atoms with van der Waals surface area (Å²) in [5, 5.41) is 17.7. The molecule has 0 bridgehead atoms. The number of hydrogen-bond donors (Lipinski definition) is 1. The number of hydrogen-bond acceptors (Lipinski definition) is 6. The first-order valence-electron chi connectivity index (χ1n) is 7.55. The average molecular weight is 355 g/mol. The van der Waals surface area contributed by atoms with Crippen molar-refractivity contribution in [1.29, 1.82) is 0 Å². The lowest BCUT2D eigenvalue weighted by atomic mass is 10.2. The van der Waals surface area contributed by atoms with Gasteiger partial charge in [0.1, 0.15) is 17.7 Å². The van der Waals surface area contributed by atoms with Crippen LogP contribution < -0.4 is 0 Å². The van der Waals surface area contributed by atoms with E-state index < -0.39 is 11.6 Å². The molecule has 4 aromatic rings. The highest BCUT2D eigenvalue weighted by Crippen LogP contribution is 2.25. The number of halogens is 2. The molecule has 0 fully saturated rings. The van der Waals surface area contributed by atoms with Gasteiger partial charge in [0, 0.05) is 23.9 Å². The lowest BCUT2D eigenvalue weighted by molar-refractivity contribution is 0.421. The molecule has 4 rings (SSSR count). The van der Waals surface area contributed by atoms with Gasteiger partial charge >= 0.3 is 0 Å². The zero-order valence-corrected chi connectivity index (χ0v) is 13.2. The molecule has 0 aliphatic carbocycles. The summed E-state index contributed by atoms with van der Waals surface area (Å²) in [4.78, 5) is 7.97. The second-order valence-corrected chi connectivity index (χ2v) is 5.41. The van der Waals surface area contributed by atoms with Crippen LogP contribution in [0.25, 0.3) is 22.9 Å². The molecule has 0 radical (unpaired) electrons. The largest absolute Gasteiger partial charge is 0.493 e. The molecule has 0 amide bonds. The van der Waals surface area contributed by atoms with E-state index in [9.17, 15) is 13.9 Å². The van der Waals surface area contributed by atoms with Crippen molar-refractivity contribution in [2.75, 3.05) is 0 Å². The Morgan fingerprint density at radius 1 is 1.12 bits per heavy atom. The van der Waals surface area contributed by atoms with Crippen molar-refractivity contribution in [3.63, 3.8) is 0 Å². The quantitative estimate of drug-likeness (QED) is 0.605. The van der Waals surface area contributed by atoms with Gasteiger partial charge in [0.2, 0.25) is 5.88 Å². The molecule has 0 aliphatic rings. The van der Waals surface area contributed by atoms with Gasteiger partial charge in [-0.1, -0.05) is 17.3 Å². The van der Waals surface area contributed by atoms with E-state index in [2.05, 4.69) is 20.2 Å². The molecule has 1 N–H and O–H groups in total. The molecule has 0 saturated carbocycles. The van der Waals surface area contributed by atoms with E-state index >= 15 is 0 Å². The minimum Gasteiger partial charge on any atom is -0.493 e. The Bertz CT molecular complexity index is 1060. The first-order valence-corrected chi connectivity index (χ1v) is 7.55. The maximum absolute atomic E-state index is 14.0. The Balaban J connectivity index is 1.81. The fourth-order valence-electron chi connectivity index (χ4n) is 2.50. The summed E-state index contributed by atoms with van der Waals surface area (Å²) in [5.41, 5.74) is 1.43. The standard InChI is InChI=1S/C17H11F2N5O2/c18-11-3-1-2-10(16(11)19)9-24-14(12-5-7-26-23-12)8-13(22-24)17-20-6-4-15(25)21-17/h1-8H,9H2,(H,20,21,25). The maximum Gasteiger partial charge on any atom is 0.214 e. The normalized spacial score (nSPS) is 11.0. The topological polar surface area (TPSA) is 89.9 Å². The molecule has 0 spiro atoms. The first-order chi connectivity index (χ1) is 12.6. The molecule has 26 heavy (non-hydrogen) atoms. The third-order valence-electron chi connectivity index (χ3n) is 3.70. The summed E-state index contributed by atoms with van der Waals surface area (Å²) in [5.74, 6) is -1.89. The van der Waals surface area contributed by atoms with Gasteiger partial charge < -0.3 is 9.63 Å². The summed E-state index contributed by atoms with van der Waals surface area (Å²) < 4.78 is 33.8. The fourth-order valence-corrected chi connectivity index (χ4v) is 2.50. The van der Waals surface area contributed by atoms with Crippen LogP contribution in [0, 0.1) is 11.6 Å². The molecular formula is C17H11F2N5O2. The van der Waals surface area contributed by atoms with Gasteiger partial charge in [0.15, 0.2) is 17.5 Å². The van der Waals surface area contributed by atoms with Crippen LogP contribution in [-0.2, 0) is 6.54 Å². The molecular weight excluding hydrogens is 344 g/mol. The number of rotatable bonds is 4. The maximum atomic E-state index is 14.0. The summed E-state index contributed by atoms with van der Waals surface area (Å²) in [6.45, 7) is -0.0371. The highest BCUT2D eigenvalue weighted by molar-refractivity contribution is 5.62. The van der Waals surface area contributed by atoms with Crippen LogP contribution >= 0.6 is 0 Å². The summed E-state index contributed by atoms with van der Waals surface area (Å²) in [6.07, 6.45) is 2.78. The van der Waals surface area contributed by atoms with E-state index in [0.29, 0.717) is 17.1 Å². The van der Waals surface area contributed by atoms with Crippen molar-refractivity contribution in [2.24, 2.45) is 0 Å². The minimum atomic E-state index is -0.941. The van der Waals surface area contributed by atoms with E-state index in [-0.39, 0.29) is 23.8 Å². The minimum absolute atomic E-state index is 0.0371. The van der Waals surface area contributed by atoms with Crippen molar-refractivity contribution >= 4 is 0 Å². The van der Waals surface area contributed by atoms with Crippen LogP contribution in [0.4, 0.5) is 8.78 Å². The molecule has 0 atom stereocenters. The van der Waals surface area contributed by atoms with Gasteiger partial charge in [-0.25, -0.2) is 13.8 Å². The molecule has 9 heteroatoms. The Morgan fingerprint density at radius 2 is 2.00 bits per heavy atom. The van der Waals surface area contributed by atoms with Crippen molar-refractivity contribution in [3.05, 3.63) is 66.1 Å². The molecule has 0 aliphatic heterocycles. The van der Waals surface area contributed by atoms with Crippen LogP contribution in [0.2, 0.25) is 0 Å². The highest BCUT2D eigenvalue weighted by Gasteiger charge is 2.17. The second kappa shape index (κ2) is 6.36. The Labute approximate surface area is 145 Å². The van der Waals surface area contributed by atoms with Gasteiger partial charge in [-0.2, -0.15) is 10.1 Å². The van der Waals surface area contributed by atoms with Crippen molar-refractivity contribution in [2.45, 2.75) is 6.54 Å². The SMILES string of the molecule is Oc1ccnc(-c2cc(-c3ccon3)n(Cc3cccc(F)c3F)n2)n1. The Hall–Kier alpha value is -3.62. The van der Waals surface area contributed by atoms with E-state index in [4.69, 9.17) is 4.52 Å². The molecule has 130 valence electrons. The molecule has 3 aromatic heterocycles. The van der Waals surface area contributed by atoms with Crippen LogP contribution in [0.15, 0.2) is 53.4 Å². The number of nitrogens with zero attached hydrogens (tertiary/aromatic N) is 5. The van der Waals surface area contributed by atoms with Crippen LogP contribution in [0.5, 0.6) is 5.88 Å². The van der Waals surface area contributed by atoms with E-state index in [1.807, 2.05) is 0 Å². The molecule has 0 saturated heterocycles. The number of aromatic nitrogens is 5. The Kier molecular flexibility index (Phi) is 3.88. The third-order valence-corrected chi connectivity index (χ3v) is 3.70. The van der Waals surface area contributed by atoms with E-state index in [1.165, 1.54) is 35.3 Å². The van der Waals surface area contributed by atoms with Crippen LogP contribution in [0.3, 0.4) is 0 Å². The van der Waals surface area contributed by atoms with Gasteiger partial charge in [-0.15, -0.1) is 0 Å². The average Bonchev–Trinajstić information content (AvgIpc) is 3.28. The zero-order chi connectivity index (χ0) is 18.1. The van der Waals surface area contributed by atoms with Gasteiger partial charge in [-0.3, -0.25) is 4.68 Å². The van der Waals surface area contributed by atoms with Crippen molar-refractivity contribution in [3.8, 4) is 28.8 Å². The van der Waals surface area contributed by atoms with E-state index in [0.717, 1.165) is 6.07 Å². The number of aromatic hydroxyl groups is 1. The summed E-state index contributed by atoms with van der Waals surface area (Å²) in [6, 6.07) is 8.52. The monoisotopic (exact) mass is 355 g/mol. The van der Waals surface area contributed by atoms with Gasteiger partial charge in [0.05, 0.1) is 12.2 Å². The lowest BCUT2D eigenvalue weighted by Crippen LogP contribution is -2.07. The zero-order valence-electron chi connectivity index (χ0n) is 13.2. The summed E-state index contributed by atoms with van der Waals surface area (Å²) >= 11 is 0. The Morgan fingerprint density at radius 3 is 2.77 bits per heavy atom. The highest BCUT2D eigenvalue weighted by atomic mass is 19.2. The summed E-state index contributed by atoms with van der Waals surface area (Å²) in [7, 11) is 0. The first kappa shape index (κ1) is 15.9. The van der Waals surface area contributed by atoms with Crippen molar-refractivity contribution < 1.29 is 18.4 Å². The second-order valence-electron chi connectivity index (χ2n) is 5.41. The van der Waals surface area contributed by atoms with Crippen molar-refractivity contribution in [1.82, 2.24) is 24.9 Å². The lowest BCUT2D eigenvalue weighted by Gasteiger charge is -2.07. The van der Waals surface area contributed by atoms with Crippen LogP contribution in [-0.4, -0.2) is 30.0 Å². The van der Waals surface area contributed by atoms with Crippen LogP contribution in [0.1, 0.15) is 5.56 Å². The predicted octanol–water partition coefficient (Wildman–Crippen LogP) is 3.03. The van der Waals surface area contributed by atoms with E-state index in [1.54, 1.807) is 12.1 Å². The molecule has 1 aromatic carbocycles. The molecule has 0 unspecified atom stereocenters. The van der Waals surface area contributed by atoms with Gasteiger partial charge in [0.25, 0.3) is 0 Å².